The van der Waals surface area contributed by atoms with Crippen molar-refractivity contribution in [3.63, 3.8) is 0 Å². The third-order valence-electron chi connectivity index (χ3n) is 3.23. The minimum absolute atomic E-state index is 0.391. The van der Waals surface area contributed by atoms with Gasteiger partial charge in [0.25, 0.3) is 5.91 Å². The zero-order chi connectivity index (χ0) is 19.5. The van der Waals surface area contributed by atoms with E-state index in [1.807, 2.05) is 19.9 Å². The number of hydrogen-bond acceptors (Lipinski definition) is 6. The van der Waals surface area contributed by atoms with E-state index in [-0.39, 0.29) is 0 Å². The molecule has 1 atom stereocenters. The van der Waals surface area contributed by atoms with Crippen LogP contribution in [-0.4, -0.2) is 37.2 Å². The number of amides is 3. The largest absolute Gasteiger partial charge is 0.479 e. The Labute approximate surface area is 152 Å². The first-order valence-electron chi connectivity index (χ1n) is 8.23. The van der Waals surface area contributed by atoms with Gasteiger partial charge in [0, 0.05) is 6.54 Å². The molecule has 1 rings (SSSR count). The summed E-state index contributed by atoms with van der Waals surface area (Å²) in [6.07, 6.45) is -0.156. The first kappa shape index (κ1) is 21.0. The number of hydrogen-bond donors (Lipinski definition) is 2. The Kier molecular flexibility index (Phi) is 8.64. The lowest BCUT2D eigenvalue weighted by Gasteiger charge is -2.14. The molecule has 0 bridgehead atoms. The van der Waals surface area contributed by atoms with E-state index in [4.69, 9.17) is 14.7 Å². The fourth-order valence-corrected chi connectivity index (χ4v) is 1.80. The molecule has 0 aliphatic rings. The van der Waals surface area contributed by atoms with Gasteiger partial charge in [0.2, 0.25) is 0 Å². The van der Waals surface area contributed by atoms with E-state index in [2.05, 4.69) is 10.6 Å². The molecule has 140 valence electrons. The Balaban J connectivity index is 2.32. The van der Waals surface area contributed by atoms with Crippen LogP contribution in [0.5, 0.6) is 5.75 Å². The zero-order valence-corrected chi connectivity index (χ0v) is 15.1. The van der Waals surface area contributed by atoms with Crippen molar-refractivity contribution in [2.24, 2.45) is 5.92 Å². The first-order chi connectivity index (χ1) is 12.3. The summed E-state index contributed by atoms with van der Waals surface area (Å²) in [5.74, 6) is -0.650. The van der Waals surface area contributed by atoms with E-state index in [0.29, 0.717) is 23.8 Å². The smallest absolute Gasteiger partial charge is 0.347 e. The second-order valence-corrected chi connectivity index (χ2v) is 5.99. The van der Waals surface area contributed by atoms with Crippen LogP contribution in [0.15, 0.2) is 24.3 Å². The number of imide groups is 1. The highest BCUT2D eigenvalue weighted by molar-refractivity contribution is 5.95. The lowest BCUT2D eigenvalue weighted by molar-refractivity contribution is -0.154. The van der Waals surface area contributed by atoms with Crippen molar-refractivity contribution in [2.45, 2.75) is 33.3 Å². The lowest BCUT2D eigenvalue weighted by Crippen LogP contribution is -2.42. The van der Waals surface area contributed by atoms with Gasteiger partial charge in [-0.15, -0.1) is 0 Å². The quantitative estimate of drug-likeness (QED) is 0.681. The monoisotopic (exact) mass is 361 g/mol. The number of nitriles is 1. The molecule has 1 aromatic rings. The normalized spacial score (nSPS) is 11.2. The maximum Gasteiger partial charge on any atom is 0.347 e. The maximum atomic E-state index is 11.8. The van der Waals surface area contributed by atoms with Crippen LogP contribution in [0.2, 0.25) is 0 Å². The van der Waals surface area contributed by atoms with Crippen LogP contribution in [0.1, 0.15) is 32.8 Å². The predicted molar refractivity (Wildman–Crippen MR) is 93.2 cm³/mol. The average molecular weight is 361 g/mol. The number of urea groups is 1. The van der Waals surface area contributed by atoms with E-state index in [1.54, 1.807) is 24.3 Å². The minimum atomic E-state index is -0.949. The number of ether oxygens (including phenoxy) is 2. The van der Waals surface area contributed by atoms with Gasteiger partial charge >= 0.3 is 12.0 Å². The van der Waals surface area contributed by atoms with Crippen LogP contribution >= 0.6 is 0 Å². The highest BCUT2D eigenvalue weighted by Crippen LogP contribution is 2.13. The molecule has 0 aliphatic heterocycles. The highest BCUT2D eigenvalue weighted by Gasteiger charge is 2.18. The van der Waals surface area contributed by atoms with E-state index >= 15 is 0 Å². The van der Waals surface area contributed by atoms with Crippen molar-refractivity contribution in [3.05, 3.63) is 29.8 Å². The predicted octanol–water partition coefficient (Wildman–Crippen LogP) is 1.74. The second kappa shape index (κ2) is 10.7. The summed E-state index contributed by atoms with van der Waals surface area (Å²) in [5, 5.41) is 13.3. The number of benzene rings is 1. The van der Waals surface area contributed by atoms with Crippen molar-refractivity contribution < 1.29 is 23.9 Å². The maximum absolute atomic E-state index is 11.8. The van der Waals surface area contributed by atoms with Crippen LogP contribution in [-0.2, 0) is 14.3 Å². The van der Waals surface area contributed by atoms with Gasteiger partial charge in [0.05, 0.1) is 11.6 Å². The van der Waals surface area contributed by atoms with Crippen molar-refractivity contribution in [2.75, 3.05) is 13.2 Å². The molecule has 0 spiro atoms. The Morgan fingerprint density at radius 3 is 2.38 bits per heavy atom. The van der Waals surface area contributed by atoms with Gasteiger partial charge in [-0.25, -0.2) is 9.59 Å². The molecule has 0 saturated heterocycles. The van der Waals surface area contributed by atoms with Crippen molar-refractivity contribution in [1.82, 2.24) is 10.6 Å². The lowest BCUT2D eigenvalue weighted by atomic mass is 10.1. The molecule has 26 heavy (non-hydrogen) atoms. The number of carbonyl (C=O) groups excluding carboxylic acids is 3. The van der Waals surface area contributed by atoms with E-state index in [1.165, 1.54) is 6.92 Å². The second-order valence-electron chi connectivity index (χ2n) is 5.99. The molecular weight excluding hydrogens is 338 g/mol. The topological polar surface area (TPSA) is 118 Å². The van der Waals surface area contributed by atoms with E-state index < -0.39 is 30.6 Å². The molecule has 0 unspecified atom stereocenters. The molecule has 0 aliphatic carbocycles. The molecule has 8 nitrogen and oxygen atoms in total. The molecule has 0 saturated carbocycles. The summed E-state index contributed by atoms with van der Waals surface area (Å²) < 4.78 is 10.2. The number of nitrogens with one attached hydrogen (secondary N) is 2. The Bertz CT molecular complexity index is 664. The molecular formula is C18H23N3O5. The fourth-order valence-electron chi connectivity index (χ4n) is 1.80. The summed E-state index contributed by atoms with van der Waals surface area (Å²) in [4.78, 5) is 34.9. The zero-order valence-electron chi connectivity index (χ0n) is 15.1. The standard InChI is InChI=1S/C18H23N3O5/c1-12(2)8-9-20-18(24)21-16(22)11-25-17(23)13(3)26-15-6-4-14(10-19)5-7-15/h4-7,12-13H,8-9,11H2,1-3H3,(H2,20,21,22,24)/t13-/m1/s1. The molecule has 3 amide bonds. The van der Waals surface area contributed by atoms with Crippen LogP contribution in [0.3, 0.4) is 0 Å². The molecule has 8 heteroatoms. The Morgan fingerprint density at radius 2 is 1.81 bits per heavy atom. The minimum Gasteiger partial charge on any atom is -0.479 e. The van der Waals surface area contributed by atoms with E-state index in [9.17, 15) is 14.4 Å². The summed E-state index contributed by atoms with van der Waals surface area (Å²) in [6.45, 7) is 5.37. The van der Waals surface area contributed by atoms with Gasteiger partial charge in [-0.1, -0.05) is 13.8 Å². The van der Waals surface area contributed by atoms with Gasteiger partial charge in [-0.05, 0) is 43.5 Å². The SMILES string of the molecule is CC(C)CCNC(=O)NC(=O)COC(=O)[C@@H](C)Oc1ccc(C#N)cc1. The average Bonchev–Trinajstić information content (AvgIpc) is 2.59. The van der Waals surface area contributed by atoms with Gasteiger partial charge in [-0.3, -0.25) is 10.1 Å². The van der Waals surface area contributed by atoms with Crippen molar-refractivity contribution in [1.29, 1.82) is 5.26 Å². The molecule has 0 heterocycles. The number of nitrogens with zero attached hydrogens (tertiary/aromatic N) is 1. The van der Waals surface area contributed by atoms with Gasteiger partial charge in [0.15, 0.2) is 12.7 Å². The Hall–Kier alpha value is -3.08. The van der Waals surface area contributed by atoms with Gasteiger partial charge < -0.3 is 14.8 Å². The summed E-state index contributed by atoms with van der Waals surface area (Å²) in [5.41, 5.74) is 0.468. The summed E-state index contributed by atoms with van der Waals surface area (Å²) in [6, 6.07) is 7.55. The summed E-state index contributed by atoms with van der Waals surface area (Å²) in [7, 11) is 0. The molecule has 2 N–H and O–H groups in total. The number of carbonyl (C=O) groups is 3. The fraction of sp³-hybridized carbons (Fsp3) is 0.444. The third kappa shape index (κ3) is 8.15. The Morgan fingerprint density at radius 1 is 1.15 bits per heavy atom. The third-order valence-corrected chi connectivity index (χ3v) is 3.23. The van der Waals surface area contributed by atoms with Crippen molar-refractivity contribution >= 4 is 17.9 Å². The van der Waals surface area contributed by atoms with Crippen molar-refractivity contribution in [3.8, 4) is 11.8 Å². The molecule has 1 aromatic carbocycles. The summed E-state index contributed by atoms with van der Waals surface area (Å²) >= 11 is 0. The van der Waals surface area contributed by atoms with Crippen LogP contribution in [0, 0.1) is 17.2 Å². The van der Waals surface area contributed by atoms with Gasteiger partial charge in [-0.2, -0.15) is 5.26 Å². The first-order valence-corrected chi connectivity index (χ1v) is 8.23. The molecule has 0 aromatic heterocycles. The van der Waals surface area contributed by atoms with E-state index in [0.717, 1.165) is 6.42 Å². The highest BCUT2D eigenvalue weighted by atomic mass is 16.6. The number of esters is 1. The van der Waals surface area contributed by atoms with Crippen LogP contribution in [0.25, 0.3) is 0 Å². The number of rotatable bonds is 8. The van der Waals surface area contributed by atoms with Crippen LogP contribution in [0.4, 0.5) is 4.79 Å². The van der Waals surface area contributed by atoms with Gasteiger partial charge in [0.1, 0.15) is 5.75 Å². The molecule has 0 radical (unpaired) electrons. The molecule has 0 fully saturated rings. The van der Waals surface area contributed by atoms with Crippen LogP contribution < -0.4 is 15.4 Å².